The van der Waals surface area contributed by atoms with Crippen LogP contribution in [0.5, 0.6) is 5.75 Å². The van der Waals surface area contributed by atoms with Crippen molar-refractivity contribution in [3.63, 3.8) is 0 Å². The van der Waals surface area contributed by atoms with E-state index in [4.69, 9.17) is 16.3 Å². The van der Waals surface area contributed by atoms with Gasteiger partial charge >= 0.3 is 0 Å². The second kappa shape index (κ2) is 11.1. The summed E-state index contributed by atoms with van der Waals surface area (Å²) in [6, 6.07) is 22.0. The molecule has 1 N–H and O–H groups in total. The van der Waals surface area contributed by atoms with E-state index >= 15 is 0 Å². The van der Waals surface area contributed by atoms with Gasteiger partial charge in [-0.15, -0.1) is 5.10 Å². The lowest BCUT2D eigenvalue weighted by molar-refractivity contribution is 0.306. The molecule has 0 radical (unpaired) electrons. The molecule has 0 spiro atoms. The quantitative estimate of drug-likeness (QED) is 0.263. The Morgan fingerprint density at radius 2 is 1.84 bits per heavy atom. The lowest BCUT2D eigenvalue weighted by atomic mass is 10.2. The summed E-state index contributed by atoms with van der Waals surface area (Å²) in [5.41, 5.74) is 2.84. The molecule has 6 nitrogen and oxygen atoms in total. The van der Waals surface area contributed by atoms with Crippen LogP contribution in [-0.2, 0) is 13.2 Å². The molecule has 0 aliphatic rings. The van der Waals surface area contributed by atoms with Crippen molar-refractivity contribution >= 4 is 23.4 Å². The van der Waals surface area contributed by atoms with E-state index in [1.54, 1.807) is 22.5 Å². The van der Waals surface area contributed by atoms with E-state index in [1.807, 2.05) is 54.6 Å². The Hall–Kier alpha value is -2.94. The fraction of sp³-hybridized carbons (Fsp3) is 0.174. The Morgan fingerprint density at radius 1 is 1.03 bits per heavy atom. The third-order valence-corrected chi connectivity index (χ3v) is 5.89. The molecule has 9 heteroatoms. The molecular weight excluding hydrogens is 449 g/mol. The second-order valence-corrected chi connectivity index (χ2v) is 8.37. The van der Waals surface area contributed by atoms with Crippen LogP contribution in [-0.4, -0.2) is 32.5 Å². The number of tetrazole rings is 1. The molecule has 0 fully saturated rings. The van der Waals surface area contributed by atoms with Gasteiger partial charge in [0.2, 0.25) is 5.16 Å². The molecular formula is C23H21ClFN5OS. The minimum atomic E-state index is -0.358. The smallest absolute Gasteiger partial charge is 0.214 e. The van der Waals surface area contributed by atoms with Crippen LogP contribution in [0.4, 0.5) is 4.39 Å². The highest BCUT2D eigenvalue weighted by atomic mass is 35.5. The van der Waals surface area contributed by atoms with Crippen LogP contribution in [0, 0.1) is 5.82 Å². The molecule has 0 saturated carbocycles. The van der Waals surface area contributed by atoms with Crippen LogP contribution in [0.3, 0.4) is 0 Å². The molecule has 0 aliphatic heterocycles. The molecule has 32 heavy (non-hydrogen) atoms. The normalized spacial score (nSPS) is 10.9. The van der Waals surface area contributed by atoms with Crippen LogP contribution in [0.1, 0.15) is 11.1 Å². The van der Waals surface area contributed by atoms with Gasteiger partial charge in [-0.05, 0) is 52.4 Å². The highest BCUT2D eigenvalue weighted by Crippen LogP contribution is 2.21. The summed E-state index contributed by atoms with van der Waals surface area (Å²) in [6.07, 6.45) is 0. The SMILES string of the molecule is Fc1ccc(COc2ccc(CNCCSc3nnnn3-c3ccccc3)cc2)c(Cl)c1. The number of para-hydroxylation sites is 1. The number of ether oxygens (including phenoxy) is 1. The summed E-state index contributed by atoms with van der Waals surface area (Å²) in [5.74, 6) is 1.22. The summed E-state index contributed by atoms with van der Waals surface area (Å²) in [7, 11) is 0. The number of benzene rings is 3. The monoisotopic (exact) mass is 469 g/mol. The van der Waals surface area contributed by atoms with Crippen LogP contribution >= 0.6 is 23.4 Å². The summed E-state index contributed by atoms with van der Waals surface area (Å²) < 4.78 is 20.6. The summed E-state index contributed by atoms with van der Waals surface area (Å²) in [4.78, 5) is 0. The van der Waals surface area contributed by atoms with E-state index in [0.29, 0.717) is 5.02 Å². The Labute approximate surface area is 194 Å². The first kappa shape index (κ1) is 22.3. The third-order valence-electron chi connectivity index (χ3n) is 4.61. The van der Waals surface area contributed by atoms with Gasteiger partial charge in [0.25, 0.3) is 0 Å². The van der Waals surface area contributed by atoms with E-state index in [-0.39, 0.29) is 12.4 Å². The first-order valence-corrected chi connectivity index (χ1v) is 11.4. The maximum atomic E-state index is 13.1. The molecule has 1 aromatic heterocycles. The van der Waals surface area contributed by atoms with Crippen LogP contribution in [0.2, 0.25) is 5.02 Å². The largest absolute Gasteiger partial charge is 0.489 e. The summed E-state index contributed by atoms with van der Waals surface area (Å²) in [5, 5.41) is 16.5. The van der Waals surface area contributed by atoms with Crippen molar-refractivity contribution in [2.45, 2.75) is 18.3 Å². The number of nitrogens with zero attached hydrogens (tertiary/aromatic N) is 4. The number of rotatable bonds is 10. The Balaban J connectivity index is 1.19. The zero-order valence-electron chi connectivity index (χ0n) is 17.1. The van der Waals surface area contributed by atoms with Crippen LogP contribution in [0.25, 0.3) is 5.69 Å². The fourth-order valence-electron chi connectivity index (χ4n) is 2.95. The third kappa shape index (κ3) is 6.06. The van der Waals surface area contributed by atoms with Gasteiger partial charge in [-0.1, -0.05) is 59.8 Å². The summed E-state index contributed by atoms with van der Waals surface area (Å²) >= 11 is 7.64. The molecule has 4 aromatic rings. The van der Waals surface area contributed by atoms with Crippen LogP contribution < -0.4 is 10.1 Å². The van der Waals surface area contributed by atoms with Gasteiger partial charge in [-0.3, -0.25) is 0 Å². The van der Waals surface area contributed by atoms with Crippen molar-refractivity contribution in [1.82, 2.24) is 25.5 Å². The highest BCUT2D eigenvalue weighted by Gasteiger charge is 2.08. The predicted octanol–water partition coefficient (Wildman–Crippen LogP) is 4.92. The van der Waals surface area contributed by atoms with Gasteiger partial charge in [-0.25, -0.2) is 4.39 Å². The average Bonchev–Trinajstić information content (AvgIpc) is 3.28. The van der Waals surface area contributed by atoms with Crippen molar-refractivity contribution in [2.24, 2.45) is 0 Å². The van der Waals surface area contributed by atoms with Gasteiger partial charge in [-0.2, -0.15) is 4.68 Å². The van der Waals surface area contributed by atoms with Crippen molar-refractivity contribution in [3.8, 4) is 11.4 Å². The average molecular weight is 470 g/mol. The lowest BCUT2D eigenvalue weighted by Gasteiger charge is -2.09. The first-order chi connectivity index (χ1) is 15.7. The van der Waals surface area contributed by atoms with Crippen LogP contribution in [0.15, 0.2) is 78.0 Å². The van der Waals surface area contributed by atoms with Gasteiger partial charge < -0.3 is 10.1 Å². The minimum absolute atomic E-state index is 0.288. The molecule has 1 heterocycles. The zero-order chi connectivity index (χ0) is 22.2. The molecule has 0 atom stereocenters. The molecule has 0 amide bonds. The number of hydrogen-bond acceptors (Lipinski definition) is 6. The van der Waals surface area contributed by atoms with Gasteiger partial charge in [0, 0.05) is 24.4 Å². The number of nitrogens with one attached hydrogen (secondary N) is 1. The van der Waals surface area contributed by atoms with E-state index in [0.717, 1.165) is 46.6 Å². The molecule has 4 rings (SSSR count). The standard InChI is InChI=1S/C23H21ClFN5OS/c24-22-14-19(25)9-8-18(22)16-31-21-10-6-17(7-11-21)15-26-12-13-32-23-27-28-29-30(23)20-4-2-1-3-5-20/h1-11,14,26H,12-13,15-16H2. The molecule has 0 aliphatic carbocycles. The number of hydrogen-bond donors (Lipinski definition) is 1. The van der Waals surface area contributed by atoms with Gasteiger partial charge in [0.1, 0.15) is 18.2 Å². The Kier molecular flexibility index (Phi) is 7.71. The van der Waals surface area contributed by atoms with E-state index < -0.39 is 0 Å². The Bertz CT molecular complexity index is 1140. The zero-order valence-corrected chi connectivity index (χ0v) is 18.7. The second-order valence-electron chi connectivity index (χ2n) is 6.90. The maximum Gasteiger partial charge on any atom is 0.214 e. The molecule has 164 valence electrons. The van der Waals surface area contributed by atoms with E-state index in [9.17, 15) is 4.39 Å². The van der Waals surface area contributed by atoms with Crippen molar-refractivity contribution in [2.75, 3.05) is 12.3 Å². The molecule has 0 unspecified atom stereocenters. The Morgan fingerprint density at radius 3 is 2.62 bits per heavy atom. The lowest BCUT2D eigenvalue weighted by Crippen LogP contribution is -2.16. The van der Waals surface area contributed by atoms with Gasteiger partial charge in [0.15, 0.2) is 0 Å². The van der Waals surface area contributed by atoms with Crippen molar-refractivity contribution in [1.29, 1.82) is 0 Å². The summed E-state index contributed by atoms with van der Waals surface area (Å²) in [6.45, 7) is 1.85. The number of thioether (sulfide) groups is 1. The van der Waals surface area contributed by atoms with Gasteiger partial charge in [0.05, 0.1) is 10.7 Å². The molecule has 3 aromatic carbocycles. The molecule has 0 bridgehead atoms. The van der Waals surface area contributed by atoms with Crippen molar-refractivity contribution in [3.05, 3.63) is 94.8 Å². The topological polar surface area (TPSA) is 64.9 Å². The number of aromatic nitrogens is 4. The maximum absolute atomic E-state index is 13.1. The molecule has 0 saturated heterocycles. The van der Waals surface area contributed by atoms with E-state index in [2.05, 4.69) is 20.8 Å². The fourth-order valence-corrected chi connectivity index (χ4v) is 3.96. The predicted molar refractivity (Wildman–Crippen MR) is 124 cm³/mol. The minimum Gasteiger partial charge on any atom is -0.489 e. The number of halogens is 2. The van der Waals surface area contributed by atoms with Crippen molar-refractivity contribution < 1.29 is 9.13 Å². The first-order valence-electron chi connectivity index (χ1n) is 10.0. The van der Waals surface area contributed by atoms with E-state index in [1.165, 1.54) is 12.1 Å². The highest BCUT2D eigenvalue weighted by molar-refractivity contribution is 7.99.